The summed E-state index contributed by atoms with van der Waals surface area (Å²) < 4.78 is 26.9. The summed E-state index contributed by atoms with van der Waals surface area (Å²) in [7, 11) is -3.45. The zero-order valence-electron chi connectivity index (χ0n) is 18.3. The van der Waals surface area contributed by atoms with Gasteiger partial charge in [0.15, 0.2) is 5.82 Å². The van der Waals surface area contributed by atoms with Gasteiger partial charge in [0, 0.05) is 41.8 Å². The molecule has 34 heavy (non-hydrogen) atoms. The van der Waals surface area contributed by atoms with Gasteiger partial charge in [-0.3, -0.25) is 0 Å². The highest BCUT2D eigenvalue weighted by molar-refractivity contribution is 9.10. The summed E-state index contributed by atoms with van der Waals surface area (Å²) in [4.78, 5) is 13.2. The van der Waals surface area contributed by atoms with Crippen molar-refractivity contribution in [3.63, 3.8) is 0 Å². The van der Waals surface area contributed by atoms with Crippen molar-refractivity contribution < 1.29 is 8.42 Å². The van der Waals surface area contributed by atoms with Gasteiger partial charge in [-0.1, -0.05) is 12.1 Å². The molecule has 0 bridgehead atoms. The Bertz CT molecular complexity index is 1500. The molecular weight excluding hydrogens is 518 g/mol. The van der Waals surface area contributed by atoms with Gasteiger partial charge in [-0.15, -0.1) is 0 Å². The summed E-state index contributed by atoms with van der Waals surface area (Å²) in [5, 5.41) is 10.6. The molecule has 4 heterocycles. The summed E-state index contributed by atoms with van der Waals surface area (Å²) in [6.45, 7) is 1.62. The van der Waals surface area contributed by atoms with Gasteiger partial charge in [-0.2, -0.15) is 4.98 Å². The van der Waals surface area contributed by atoms with E-state index in [1.165, 1.54) is 10.2 Å². The molecule has 0 saturated heterocycles. The minimum atomic E-state index is -3.45. The van der Waals surface area contributed by atoms with Crippen LogP contribution in [0.3, 0.4) is 0 Å². The van der Waals surface area contributed by atoms with Gasteiger partial charge in [0.05, 0.1) is 16.2 Å². The largest absolute Gasteiger partial charge is 0.324 e. The zero-order chi connectivity index (χ0) is 23.7. The third-order valence-corrected chi connectivity index (χ3v) is 7.05. The van der Waals surface area contributed by atoms with Crippen molar-refractivity contribution >= 4 is 65.7 Å². The Morgan fingerprint density at radius 2 is 2.03 bits per heavy atom. The monoisotopic (exact) mass is 539 g/mol. The summed E-state index contributed by atoms with van der Waals surface area (Å²) >= 11 is 3.47. The molecular formula is C23H22BrN7O2S. The normalized spacial score (nSPS) is 14.1. The molecule has 3 N–H and O–H groups in total. The van der Waals surface area contributed by atoms with Gasteiger partial charge in [-0.05, 0) is 64.8 Å². The lowest BCUT2D eigenvalue weighted by Gasteiger charge is -2.13. The Kier molecular flexibility index (Phi) is 6.07. The fourth-order valence-electron chi connectivity index (χ4n) is 3.88. The zero-order valence-corrected chi connectivity index (χ0v) is 20.7. The highest BCUT2D eigenvalue weighted by Gasteiger charge is 2.19. The molecule has 0 fully saturated rings. The average Bonchev–Trinajstić information content (AvgIpc) is 3.22. The van der Waals surface area contributed by atoms with E-state index in [1.807, 2.05) is 30.3 Å². The Hall–Kier alpha value is -3.28. The first-order valence-corrected chi connectivity index (χ1v) is 13.3. The van der Waals surface area contributed by atoms with Gasteiger partial charge in [0.2, 0.25) is 16.0 Å². The number of aromatic nitrogens is 4. The maximum absolute atomic E-state index is 12.4. The lowest BCUT2D eigenvalue weighted by molar-refractivity contribution is 0.595. The summed E-state index contributed by atoms with van der Waals surface area (Å²) in [5.74, 6) is 1.63. The van der Waals surface area contributed by atoms with Crippen LogP contribution in [0.5, 0.6) is 0 Å². The van der Waals surface area contributed by atoms with Crippen molar-refractivity contribution in [3.8, 4) is 0 Å². The predicted molar refractivity (Wildman–Crippen MR) is 138 cm³/mol. The van der Waals surface area contributed by atoms with Gasteiger partial charge in [0.1, 0.15) is 5.82 Å². The van der Waals surface area contributed by atoms with E-state index in [-0.39, 0.29) is 0 Å². The molecule has 0 amide bonds. The van der Waals surface area contributed by atoms with Crippen molar-refractivity contribution in [1.82, 2.24) is 24.2 Å². The van der Waals surface area contributed by atoms with Crippen molar-refractivity contribution in [3.05, 3.63) is 71.1 Å². The molecule has 0 spiro atoms. The molecule has 1 aromatic carbocycles. The minimum Gasteiger partial charge on any atom is -0.324 e. The Morgan fingerprint density at radius 1 is 1.15 bits per heavy atom. The van der Waals surface area contributed by atoms with Gasteiger partial charge in [-0.25, -0.2) is 22.4 Å². The molecule has 0 saturated carbocycles. The summed E-state index contributed by atoms with van der Waals surface area (Å²) in [6.07, 6.45) is 9.22. The SMILES string of the molecule is CS(=O)(=O)n1cc(C2=CCNCC2)c2cc(Nc3ncc(Br)c(Nc4ccccn4)n3)ccc21. The smallest absolute Gasteiger partial charge is 0.236 e. The van der Waals surface area contributed by atoms with E-state index in [2.05, 4.69) is 52.9 Å². The van der Waals surface area contributed by atoms with E-state index in [4.69, 9.17) is 0 Å². The molecule has 0 atom stereocenters. The van der Waals surface area contributed by atoms with Crippen LogP contribution >= 0.6 is 15.9 Å². The second kappa shape index (κ2) is 9.16. The predicted octanol–water partition coefficient (Wildman–Crippen LogP) is 4.26. The van der Waals surface area contributed by atoms with Gasteiger partial charge >= 0.3 is 0 Å². The van der Waals surface area contributed by atoms with Crippen LogP contribution in [0.1, 0.15) is 12.0 Å². The standard InChI is InChI=1S/C23H22BrN7O2S/c1-34(32,33)31-14-18(15-7-10-25-11-8-15)17-12-16(5-6-20(17)31)28-23-27-13-19(24)22(30-23)29-21-4-2-3-9-26-21/h2-7,9,12-14,25H,8,10-11H2,1H3,(H2,26,27,28,29,30). The van der Waals surface area contributed by atoms with E-state index in [0.717, 1.165) is 41.7 Å². The molecule has 0 radical (unpaired) electrons. The number of anilines is 4. The first-order chi connectivity index (χ1) is 16.4. The number of benzene rings is 1. The highest BCUT2D eigenvalue weighted by atomic mass is 79.9. The van der Waals surface area contributed by atoms with Crippen LogP contribution < -0.4 is 16.0 Å². The number of halogens is 1. The van der Waals surface area contributed by atoms with Crippen molar-refractivity contribution in [2.75, 3.05) is 30.0 Å². The molecule has 0 unspecified atom stereocenters. The van der Waals surface area contributed by atoms with Crippen LogP contribution in [0.25, 0.3) is 16.5 Å². The van der Waals surface area contributed by atoms with Crippen LogP contribution in [0.15, 0.2) is 65.5 Å². The third-order valence-electron chi connectivity index (χ3n) is 5.45. The molecule has 1 aliphatic rings. The van der Waals surface area contributed by atoms with E-state index in [0.29, 0.717) is 27.6 Å². The second-order valence-corrected chi connectivity index (χ2v) is 10.6. The quantitative estimate of drug-likeness (QED) is 0.333. The van der Waals surface area contributed by atoms with Crippen LogP contribution in [0.2, 0.25) is 0 Å². The number of fused-ring (bicyclic) bond motifs is 1. The maximum Gasteiger partial charge on any atom is 0.236 e. The number of nitrogens with one attached hydrogen (secondary N) is 3. The second-order valence-electron chi connectivity index (χ2n) is 7.87. The lowest BCUT2D eigenvalue weighted by Crippen LogP contribution is -2.20. The first-order valence-electron chi connectivity index (χ1n) is 10.6. The van der Waals surface area contributed by atoms with Crippen LogP contribution in [0, 0.1) is 0 Å². The summed E-state index contributed by atoms with van der Waals surface area (Å²) in [6, 6.07) is 11.1. The van der Waals surface area contributed by atoms with Crippen molar-refractivity contribution in [2.24, 2.45) is 0 Å². The Balaban J connectivity index is 1.51. The molecule has 0 aliphatic carbocycles. The number of nitrogens with zero attached hydrogens (tertiary/aromatic N) is 4. The van der Waals surface area contributed by atoms with E-state index >= 15 is 0 Å². The van der Waals surface area contributed by atoms with E-state index in [1.54, 1.807) is 24.7 Å². The topological polar surface area (TPSA) is 114 Å². The third kappa shape index (κ3) is 4.67. The number of hydrogen-bond donors (Lipinski definition) is 3. The van der Waals surface area contributed by atoms with Gasteiger partial charge in [0.25, 0.3) is 0 Å². The average molecular weight is 540 g/mol. The number of rotatable bonds is 6. The Morgan fingerprint density at radius 3 is 2.76 bits per heavy atom. The molecule has 9 nitrogen and oxygen atoms in total. The molecule has 174 valence electrons. The number of pyridine rings is 1. The lowest BCUT2D eigenvalue weighted by atomic mass is 9.99. The van der Waals surface area contributed by atoms with Crippen molar-refractivity contribution in [1.29, 1.82) is 0 Å². The molecule has 4 aromatic rings. The molecule has 1 aliphatic heterocycles. The van der Waals surface area contributed by atoms with Crippen LogP contribution in [-0.2, 0) is 10.0 Å². The highest BCUT2D eigenvalue weighted by Crippen LogP contribution is 2.33. The minimum absolute atomic E-state index is 0.395. The maximum atomic E-state index is 12.4. The molecule has 11 heteroatoms. The number of hydrogen-bond acceptors (Lipinski definition) is 8. The fraction of sp³-hybridized carbons (Fsp3) is 0.174. The van der Waals surface area contributed by atoms with Crippen LogP contribution in [0.4, 0.5) is 23.3 Å². The summed E-state index contributed by atoms with van der Waals surface area (Å²) in [5.41, 5.74) is 3.43. The van der Waals surface area contributed by atoms with E-state index in [9.17, 15) is 8.42 Å². The molecule has 3 aromatic heterocycles. The Labute approximate surface area is 205 Å². The van der Waals surface area contributed by atoms with E-state index < -0.39 is 10.0 Å². The van der Waals surface area contributed by atoms with Crippen molar-refractivity contribution in [2.45, 2.75) is 6.42 Å². The van der Waals surface area contributed by atoms with Gasteiger partial charge < -0.3 is 16.0 Å². The first kappa shape index (κ1) is 22.5. The fourth-order valence-corrected chi connectivity index (χ4v) is 4.98. The van der Waals surface area contributed by atoms with Crippen LogP contribution in [-0.4, -0.2) is 46.7 Å². The molecule has 5 rings (SSSR count).